The molecular formula is C23H24FN3O. The van der Waals surface area contributed by atoms with Gasteiger partial charge in [0.1, 0.15) is 5.82 Å². The number of hydrogen-bond donors (Lipinski definition) is 0. The molecule has 0 radical (unpaired) electrons. The third-order valence-corrected chi connectivity index (χ3v) is 5.32. The van der Waals surface area contributed by atoms with E-state index < -0.39 is 0 Å². The average molecular weight is 377 g/mol. The minimum Gasteiger partial charge on any atom is -0.332 e. The molecule has 1 aliphatic heterocycles. The van der Waals surface area contributed by atoms with E-state index in [9.17, 15) is 9.18 Å². The van der Waals surface area contributed by atoms with Gasteiger partial charge in [-0.15, -0.1) is 0 Å². The summed E-state index contributed by atoms with van der Waals surface area (Å²) in [6.07, 6.45) is 7.63. The van der Waals surface area contributed by atoms with Crippen LogP contribution in [-0.4, -0.2) is 27.1 Å². The summed E-state index contributed by atoms with van der Waals surface area (Å²) in [6, 6.07) is 16.2. The van der Waals surface area contributed by atoms with Gasteiger partial charge in [0, 0.05) is 24.5 Å². The van der Waals surface area contributed by atoms with Crippen LogP contribution in [0.2, 0.25) is 0 Å². The largest absolute Gasteiger partial charge is 0.332 e. The second-order valence-corrected chi connectivity index (χ2v) is 7.32. The van der Waals surface area contributed by atoms with Crippen LogP contribution in [-0.2, 0) is 6.54 Å². The predicted molar refractivity (Wildman–Crippen MR) is 106 cm³/mol. The Balaban J connectivity index is 1.61. The van der Waals surface area contributed by atoms with E-state index in [2.05, 4.69) is 5.10 Å². The van der Waals surface area contributed by atoms with Crippen molar-refractivity contribution in [3.05, 3.63) is 89.5 Å². The van der Waals surface area contributed by atoms with E-state index >= 15 is 0 Å². The Labute approximate surface area is 164 Å². The minimum atomic E-state index is -0.254. The van der Waals surface area contributed by atoms with Crippen LogP contribution < -0.4 is 0 Å². The Morgan fingerprint density at radius 2 is 1.96 bits per heavy atom. The van der Waals surface area contributed by atoms with Crippen LogP contribution >= 0.6 is 0 Å². The fourth-order valence-electron chi connectivity index (χ4n) is 3.96. The first-order valence-corrected chi connectivity index (χ1v) is 9.83. The predicted octanol–water partition coefficient (Wildman–Crippen LogP) is 4.83. The number of aromatic nitrogens is 2. The van der Waals surface area contributed by atoms with Gasteiger partial charge in [-0.3, -0.25) is 9.48 Å². The molecule has 144 valence electrons. The molecular weight excluding hydrogens is 353 g/mol. The van der Waals surface area contributed by atoms with Gasteiger partial charge < -0.3 is 4.90 Å². The van der Waals surface area contributed by atoms with Crippen molar-refractivity contribution in [3.63, 3.8) is 0 Å². The molecule has 1 amide bonds. The quantitative estimate of drug-likeness (QED) is 0.653. The zero-order valence-electron chi connectivity index (χ0n) is 15.8. The van der Waals surface area contributed by atoms with Crippen molar-refractivity contribution in [2.24, 2.45) is 0 Å². The first-order chi connectivity index (χ1) is 13.7. The van der Waals surface area contributed by atoms with E-state index in [1.54, 1.807) is 18.3 Å². The lowest BCUT2D eigenvalue weighted by Crippen LogP contribution is -2.35. The third kappa shape index (κ3) is 4.14. The van der Waals surface area contributed by atoms with Crippen molar-refractivity contribution >= 4 is 5.91 Å². The van der Waals surface area contributed by atoms with Gasteiger partial charge in [-0.1, -0.05) is 37.1 Å². The monoisotopic (exact) mass is 377 g/mol. The highest BCUT2D eigenvalue weighted by Crippen LogP contribution is 2.31. The summed E-state index contributed by atoms with van der Waals surface area (Å²) in [5.41, 5.74) is 2.59. The lowest BCUT2D eigenvalue weighted by atomic mass is 9.99. The summed E-state index contributed by atoms with van der Waals surface area (Å²) in [7, 11) is 0. The number of likely N-dealkylation sites (tertiary alicyclic amines) is 1. The molecule has 0 bridgehead atoms. The van der Waals surface area contributed by atoms with Crippen LogP contribution in [0.3, 0.4) is 0 Å². The number of nitrogens with zero attached hydrogens (tertiary/aromatic N) is 3. The van der Waals surface area contributed by atoms with Crippen LogP contribution in [0.15, 0.2) is 67.0 Å². The van der Waals surface area contributed by atoms with Crippen molar-refractivity contribution < 1.29 is 9.18 Å². The summed E-state index contributed by atoms with van der Waals surface area (Å²) < 4.78 is 15.6. The van der Waals surface area contributed by atoms with Gasteiger partial charge in [0.05, 0.1) is 12.6 Å². The molecule has 1 aliphatic rings. The summed E-state index contributed by atoms with van der Waals surface area (Å²) in [4.78, 5) is 15.3. The number of amides is 1. The maximum Gasteiger partial charge on any atom is 0.254 e. The maximum absolute atomic E-state index is 13.8. The molecule has 4 rings (SSSR count). The molecule has 0 saturated carbocycles. The van der Waals surface area contributed by atoms with Crippen LogP contribution in [0.1, 0.15) is 53.2 Å². The molecule has 2 heterocycles. The molecule has 0 N–H and O–H groups in total. The van der Waals surface area contributed by atoms with Crippen molar-refractivity contribution in [2.75, 3.05) is 6.54 Å². The van der Waals surface area contributed by atoms with Gasteiger partial charge in [-0.25, -0.2) is 4.39 Å². The molecule has 1 saturated heterocycles. The number of hydrogen-bond acceptors (Lipinski definition) is 2. The molecule has 1 unspecified atom stereocenters. The molecule has 2 aromatic carbocycles. The normalized spacial score (nSPS) is 17.3. The number of carbonyl (C=O) groups is 1. The van der Waals surface area contributed by atoms with Gasteiger partial charge in [-0.05, 0) is 54.3 Å². The molecule has 1 fully saturated rings. The van der Waals surface area contributed by atoms with Crippen molar-refractivity contribution in [2.45, 2.75) is 38.3 Å². The van der Waals surface area contributed by atoms with E-state index in [-0.39, 0.29) is 17.8 Å². The van der Waals surface area contributed by atoms with E-state index in [0.29, 0.717) is 18.7 Å². The maximum atomic E-state index is 13.8. The zero-order chi connectivity index (χ0) is 19.3. The van der Waals surface area contributed by atoms with Gasteiger partial charge >= 0.3 is 0 Å². The van der Waals surface area contributed by atoms with E-state index in [1.165, 1.54) is 6.07 Å². The van der Waals surface area contributed by atoms with Gasteiger partial charge in [0.2, 0.25) is 0 Å². The number of rotatable bonds is 4. The van der Waals surface area contributed by atoms with Gasteiger partial charge in [0.25, 0.3) is 5.91 Å². The smallest absolute Gasteiger partial charge is 0.254 e. The lowest BCUT2D eigenvalue weighted by Gasteiger charge is -2.31. The van der Waals surface area contributed by atoms with E-state index in [0.717, 1.165) is 36.8 Å². The second kappa shape index (κ2) is 8.38. The van der Waals surface area contributed by atoms with Crippen LogP contribution in [0.25, 0.3) is 0 Å². The van der Waals surface area contributed by atoms with Crippen LogP contribution in [0, 0.1) is 5.82 Å². The minimum absolute atomic E-state index is 0.0125. The molecule has 1 aromatic heterocycles. The Hall–Kier alpha value is -2.95. The lowest BCUT2D eigenvalue weighted by molar-refractivity contribution is 0.0680. The topological polar surface area (TPSA) is 38.1 Å². The number of halogens is 1. The summed E-state index contributed by atoms with van der Waals surface area (Å²) in [6.45, 7) is 1.32. The molecule has 4 nitrogen and oxygen atoms in total. The van der Waals surface area contributed by atoms with Crippen molar-refractivity contribution in [1.29, 1.82) is 0 Å². The van der Waals surface area contributed by atoms with E-state index in [1.807, 2.05) is 52.2 Å². The zero-order valence-corrected chi connectivity index (χ0v) is 15.8. The first kappa shape index (κ1) is 18.4. The third-order valence-electron chi connectivity index (χ3n) is 5.32. The SMILES string of the molecule is O=C(c1cccc(Cn2cccn2)c1)N1CCCCCC1c1cccc(F)c1. The molecule has 5 heteroatoms. The van der Waals surface area contributed by atoms with Gasteiger partial charge in [0.15, 0.2) is 0 Å². The summed E-state index contributed by atoms with van der Waals surface area (Å²) in [5.74, 6) is -0.242. The Bertz CT molecular complexity index is 939. The highest BCUT2D eigenvalue weighted by molar-refractivity contribution is 5.94. The summed E-state index contributed by atoms with van der Waals surface area (Å²) >= 11 is 0. The molecule has 0 spiro atoms. The average Bonchev–Trinajstić information content (AvgIpc) is 3.09. The van der Waals surface area contributed by atoms with Crippen molar-refractivity contribution in [1.82, 2.24) is 14.7 Å². The standard InChI is InChI=1S/C23H24FN3O/c24-21-10-5-8-19(16-21)22-11-2-1-3-14-27(22)23(28)20-9-4-7-18(15-20)17-26-13-6-12-25-26/h4-10,12-13,15-16,22H,1-3,11,14,17H2. The Kier molecular flexibility index (Phi) is 5.51. The van der Waals surface area contributed by atoms with Crippen LogP contribution in [0.4, 0.5) is 4.39 Å². The number of benzene rings is 2. The fraction of sp³-hybridized carbons (Fsp3) is 0.304. The Morgan fingerprint density at radius 1 is 1.07 bits per heavy atom. The van der Waals surface area contributed by atoms with E-state index in [4.69, 9.17) is 0 Å². The molecule has 0 aliphatic carbocycles. The van der Waals surface area contributed by atoms with Crippen molar-refractivity contribution in [3.8, 4) is 0 Å². The summed E-state index contributed by atoms with van der Waals surface area (Å²) in [5, 5.41) is 4.23. The highest BCUT2D eigenvalue weighted by atomic mass is 19.1. The van der Waals surface area contributed by atoms with Crippen LogP contribution in [0.5, 0.6) is 0 Å². The Morgan fingerprint density at radius 3 is 2.79 bits per heavy atom. The highest BCUT2D eigenvalue weighted by Gasteiger charge is 2.27. The fourth-order valence-corrected chi connectivity index (χ4v) is 3.96. The second-order valence-electron chi connectivity index (χ2n) is 7.32. The molecule has 28 heavy (non-hydrogen) atoms. The molecule has 3 aromatic rings. The van der Waals surface area contributed by atoms with Gasteiger partial charge in [-0.2, -0.15) is 5.10 Å². The number of carbonyl (C=O) groups excluding carboxylic acids is 1. The first-order valence-electron chi connectivity index (χ1n) is 9.83. The molecule has 1 atom stereocenters.